The van der Waals surface area contributed by atoms with Crippen LogP contribution >= 0.6 is 0 Å². The minimum atomic E-state index is -0.0763. The van der Waals surface area contributed by atoms with E-state index in [2.05, 4.69) is 35.4 Å². The maximum atomic E-state index is 9.46. The highest BCUT2D eigenvalue weighted by Gasteiger charge is 2.31. The number of nitrogens with zero attached hydrogens (tertiary/aromatic N) is 4. The number of nitriles is 2. The molecule has 0 bridgehead atoms. The molecule has 1 heterocycles. The molecule has 4 heteroatoms. The molecule has 3 rings (SSSR count). The highest BCUT2D eigenvalue weighted by Crippen LogP contribution is 2.39. The van der Waals surface area contributed by atoms with Gasteiger partial charge in [-0.25, -0.2) is 0 Å². The van der Waals surface area contributed by atoms with Crippen molar-refractivity contribution in [1.29, 1.82) is 10.5 Å². The van der Waals surface area contributed by atoms with Crippen LogP contribution in [0.3, 0.4) is 0 Å². The third-order valence-corrected chi connectivity index (χ3v) is 4.08. The van der Waals surface area contributed by atoms with Gasteiger partial charge >= 0.3 is 0 Å². The van der Waals surface area contributed by atoms with Crippen LogP contribution in [0.25, 0.3) is 0 Å². The van der Waals surface area contributed by atoms with Crippen molar-refractivity contribution in [2.75, 3.05) is 19.0 Å². The number of hydrogen-bond donors (Lipinski definition) is 0. The highest BCUT2D eigenvalue weighted by molar-refractivity contribution is 5.54. The smallest absolute Gasteiger partial charge is 0.180 e. The van der Waals surface area contributed by atoms with Gasteiger partial charge < -0.3 is 4.90 Å². The molecule has 0 N–H and O–H groups in total. The van der Waals surface area contributed by atoms with Crippen molar-refractivity contribution < 1.29 is 0 Å². The van der Waals surface area contributed by atoms with Crippen molar-refractivity contribution in [2.45, 2.75) is 12.6 Å². The van der Waals surface area contributed by atoms with Crippen molar-refractivity contribution in [3.05, 3.63) is 64.7 Å². The molecule has 2 aromatic carbocycles. The summed E-state index contributed by atoms with van der Waals surface area (Å²) in [5.41, 5.74) is 5.14. The fourth-order valence-corrected chi connectivity index (χ4v) is 2.89. The lowest BCUT2D eigenvalue weighted by molar-refractivity contribution is 0.362. The Morgan fingerprint density at radius 1 is 1.09 bits per heavy atom. The SMILES string of the molecule is CN(C)c1ccc2c(c1)C(c1ccc(C#N)cc1)N(C#N)C2. The van der Waals surface area contributed by atoms with Crippen LogP contribution in [-0.4, -0.2) is 19.0 Å². The molecule has 1 atom stereocenters. The van der Waals surface area contributed by atoms with Gasteiger partial charge in [0.25, 0.3) is 0 Å². The van der Waals surface area contributed by atoms with Gasteiger partial charge in [-0.15, -0.1) is 0 Å². The third-order valence-electron chi connectivity index (χ3n) is 4.08. The van der Waals surface area contributed by atoms with Crippen LogP contribution in [0.15, 0.2) is 42.5 Å². The van der Waals surface area contributed by atoms with Crippen LogP contribution in [0, 0.1) is 22.8 Å². The molecule has 0 aromatic heterocycles. The fourth-order valence-electron chi connectivity index (χ4n) is 2.89. The van der Waals surface area contributed by atoms with E-state index in [1.54, 1.807) is 17.0 Å². The lowest BCUT2D eigenvalue weighted by Crippen LogP contribution is -2.17. The quantitative estimate of drug-likeness (QED) is 0.797. The summed E-state index contributed by atoms with van der Waals surface area (Å²) in [6, 6.07) is 15.9. The van der Waals surface area contributed by atoms with E-state index in [-0.39, 0.29) is 6.04 Å². The maximum Gasteiger partial charge on any atom is 0.180 e. The fraction of sp³-hybridized carbons (Fsp3) is 0.222. The molecule has 2 aromatic rings. The molecule has 108 valence electrons. The van der Waals surface area contributed by atoms with Gasteiger partial charge in [-0.05, 0) is 41.0 Å². The van der Waals surface area contributed by atoms with Crippen molar-refractivity contribution in [2.24, 2.45) is 0 Å². The first-order chi connectivity index (χ1) is 10.6. The molecule has 0 fully saturated rings. The summed E-state index contributed by atoms with van der Waals surface area (Å²) in [6.07, 6.45) is 2.29. The van der Waals surface area contributed by atoms with Crippen molar-refractivity contribution in [3.63, 3.8) is 0 Å². The Kier molecular flexibility index (Phi) is 3.45. The average Bonchev–Trinajstić information content (AvgIpc) is 2.92. The van der Waals surface area contributed by atoms with Gasteiger partial charge in [-0.2, -0.15) is 10.5 Å². The minimum Gasteiger partial charge on any atom is -0.378 e. The van der Waals surface area contributed by atoms with E-state index in [1.165, 1.54) is 5.56 Å². The number of hydrogen-bond acceptors (Lipinski definition) is 4. The first-order valence-electron chi connectivity index (χ1n) is 7.10. The Labute approximate surface area is 130 Å². The van der Waals surface area contributed by atoms with E-state index < -0.39 is 0 Å². The van der Waals surface area contributed by atoms with Gasteiger partial charge in [0.15, 0.2) is 6.19 Å². The van der Waals surface area contributed by atoms with Gasteiger partial charge in [0.05, 0.1) is 24.2 Å². The third kappa shape index (κ3) is 2.25. The van der Waals surface area contributed by atoms with Gasteiger partial charge in [0.2, 0.25) is 0 Å². The van der Waals surface area contributed by atoms with Crippen LogP contribution < -0.4 is 4.90 Å². The monoisotopic (exact) mass is 288 g/mol. The van der Waals surface area contributed by atoms with E-state index in [4.69, 9.17) is 5.26 Å². The first kappa shape index (κ1) is 14.0. The lowest BCUT2D eigenvalue weighted by atomic mass is 9.96. The number of fused-ring (bicyclic) bond motifs is 1. The Morgan fingerprint density at radius 3 is 2.41 bits per heavy atom. The highest BCUT2D eigenvalue weighted by atomic mass is 15.2. The van der Waals surface area contributed by atoms with Gasteiger partial charge in [0.1, 0.15) is 0 Å². The second kappa shape index (κ2) is 5.42. The van der Waals surface area contributed by atoms with Crippen molar-refractivity contribution in [3.8, 4) is 12.3 Å². The standard InChI is InChI=1S/C18H16N4/c1-21(2)16-8-7-15-11-22(12-20)18(17(15)9-16)14-5-3-13(10-19)4-6-14/h3-9,18H,11H2,1-2H3. The van der Waals surface area contributed by atoms with Crippen molar-refractivity contribution in [1.82, 2.24) is 4.90 Å². The molecule has 1 aliphatic rings. The number of rotatable bonds is 2. The molecule has 4 nitrogen and oxygen atoms in total. The van der Waals surface area contributed by atoms with Crippen molar-refractivity contribution >= 4 is 5.69 Å². The lowest BCUT2D eigenvalue weighted by Gasteiger charge is -2.21. The Hall–Kier alpha value is -2.98. The maximum absolute atomic E-state index is 9.46. The Morgan fingerprint density at radius 2 is 1.82 bits per heavy atom. The molecule has 0 amide bonds. The van der Waals surface area contributed by atoms with E-state index in [0.717, 1.165) is 16.8 Å². The predicted octanol–water partition coefficient (Wildman–Crippen LogP) is 3.01. The molecule has 0 saturated heterocycles. The number of benzene rings is 2. The van der Waals surface area contributed by atoms with Crippen LogP contribution in [0.4, 0.5) is 5.69 Å². The molecule has 22 heavy (non-hydrogen) atoms. The minimum absolute atomic E-state index is 0.0763. The zero-order valence-corrected chi connectivity index (χ0v) is 12.6. The second-order valence-electron chi connectivity index (χ2n) is 5.64. The summed E-state index contributed by atoms with van der Waals surface area (Å²) in [5.74, 6) is 0. The van der Waals surface area contributed by atoms with Crippen LogP contribution in [0.1, 0.15) is 28.3 Å². The summed E-state index contributed by atoms with van der Waals surface area (Å²) < 4.78 is 0. The van der Waals surface area contributed by atoms with E-state index >= 15 is 0 Å². The molecular formula is C18H16N4. The number of anilines is 1. The molecule has 0 aliphatic carbocycles. The summed E-state index contributed by atoms with van der Waals surface area (Å²) in [7, 11) is 4.02. The van der Waals surface area contributed by atoms with E-state index in [0.29, 0.717) is 12.1 Å². The molecule has 0 spiro atoms. The average molecular weight is 288 g/mol. The molecule has 0 saturated carbocycles. The molecule has 1 unspecified atom stereocenters. The Balaban J connectivity index is 2.08. The molecule has 0 radical (unpaired) electrons. The van der Waals surface area contributed by atoms with Gasteiger partial charge in [-0.1, -0.05) is 18.2 Å². The molecular weight excluding hydrogens is 272 g/mol. The van der Waals surface area contributed by atoms with E-state index in [9.17, 15) is 5.26 Å². The normalized spacial score (nSPS) is 15.8. The molecule has 1 aliphatic heterocycles. The van der Waals surface area contributed by atoms with Gasteiger partial charge in [-0.3, -0.25) is 4.90 Å². The topological polar surface area (TPSA) is 54.1 Å². The second-order valence-corrected chi connectivity index (χ2v) is 5.64. The Bertz CT molecular complexity index is 778. The van der Waals surface area contributed by atoms with Crippen LogP contribution in [-0.2, 0) is 6.54 Å². The summed E-state index contributed by atoms with van der Waals surface area (Å²) in [4.78, 5) is 3.84. The van der Waals surface area contributed by atoms with E-state index in [1.807, 2.05) is 26.2 Å². The summed E-state index contributed by atoms with van der Waals surface area (Å²) >= 11 is 0. The first-order valence-corrected chi connectivity index (χ1v) is 7.10. The van der Waals surface area contributed by atoms with Crippen LogP contribution in [0.5, 0.6) is 0 Å². The predicted molar refractivity (Wildman–Crippen MR) is 84.9 cm³/mol. The van der Waals surface area contributed by atoms with Crippen LogP contribution in [0.2, 0.25) is 0 Å². The zero-order chi connectivity index (χ0) is 15.7. The van der Waals surface area contributed by atoms with Gasteiger partial charge in [0, 0.05) is 19.8 Å². The summed E-state index contributed by atoms with van der Waals surface area (Å²) in [5, 5.41) is 18.4. The summed E-state index contributed by atoms with van der Waals surface area (Å²) in [6.45, 7) is 0.629. The largest absolute Gasteiger partial charge is 0.378 e. The zero-order valence-electron chi connectivity index (χ0n) is 12.6.